The zero-order valence-corrected chi connectivity index (χ0v) is 14.3. The molecule has 1 aliphatic carbocycles. The van der Waals surface area contributed by atoms with Gasteiger partial charge in [0.1, 0.15) is 11.9 Å². The van der Waals surface area contributed by atoms with E-state index in [1.54, 1.807) is 7.11 Å². The lowest BCUT2D eigenvalue weighted by molar-refractivity contribution is 0.129. The molecule has 1 saturated carbocycles. The Morgan fingerprint density at radius 3 is 2.52 bits per heavy atom. The molecule has 1 unspecified atom stereocenters. The summed E-state index contributed by atoms with van der Waals surface area (Å²) in [7, 11) is 3.60. The number of aromatic nitrogens is 2. The van der Waals surface area contributed by atoms with Crippen LogP contribution in [-0.4, -0.2) is 24.1 Å². The minimum absolute atomic E-state index is 0.229. The monoisotopic (exact) mass is 395 g/mol. The van der Waals surface area contributed by atoms with E-state index >= 15 is 0 Å². The highest BCUT2D eigenvalue weighted by atomic mass is 127. The number of ether oxygens (including phenoxy) is 1. The molecule has 1 aromatic carbocycles. The van der Waals surface area contributed by atoms with E-state index < -0.39 is 0 Å². The summed E-state index contributed by atoms with van der Waals surface area (Å²) < 4.78 is 6.79. The number of nitrogens with zero attached hydrogens (tertiary/aromatic N) is 2. The number of nitrogens with one attached hydrogen (secondary N) is 1. The van der Waals surface area contributed by atoms with Crippen molar-refractivity contribution < 1.29 is 4.74 Å². The summed E-state index contributed by atoms with van der Waals surface area (Å²) in [5.74, 6) is 2.20. The summed E-state index contributed by atoms with van der Waals surface area (Å²) in [6, 6.07) is 10.1. The van der Waals surface area contributed by atoms with Crippen molar-refractivity contribution in [2.45, 2.75) is 24.9 Å². The second kappa shape index (κ2) is 6.27. The number of halogens is 1. The first-order valence-electron chi connectivity index (χ1n) is 7.07. The molecule has 1 atom stereocenters. The van der Waals surface area contributed by atoms with Crippen LogP contribution in [0.2, 0.25) is 0 Å². The molecule has 0 aliphatic heterocycles. The minimum atomic E-state index is -0.229. The zero-order chi connectivity index (χ0) is 14.8. The molecule has 1 aliphatic rings. The maximum Gasteiger partial charge on any atom is 0.164 e. The molecule has 3 rings (SSSR count). The van der Waals surface area contributed by atoms with Crippen LogP contribution in [0.5, 0.6) is 0 Å². The molecule has 1 aromatic heterocycles. The lowest BCUT2D eigenvalue weighted by atomic mass is 10.1. The Bertz CT molecular complexity index is 629. The first kappa shape index (κ1) is 14.7. The van der Waals surface area contributed by atoms with Gasteiger partial charge in [-0.3, -0.25) is 0 Å². The van der Waals surface area contributed by atoms with Gasteiger partial charge >= 0.3 is 0 Å². The van der Waals surface area contributed by atoms with Crippen LogP contribution in [0.4, 0.5) is 5.82 Å². The standard InChI is InChI=1S/C16H18IN3O/c1-18-15-12(17)13(10-8-9-10)19-16(20-15)14(21-2)11-6-4-3-5-7-11/h3-7,10,14H,8-9H2,1-2H3,(H,18,19,20). The van der Waals surface area contributed by atoms with Crippen LogP contribution in [0.1, 0.15) is 41.9 Å². The summed E-state index contributed by atoms with van der Waals surface area (Å²) in [6.45, 7) is 0. The average molecular weight is 395 g/mol. The fraction of sp³-hybridized carbons (Fsp3) is 0.375. The molecule has 1 heterocycles. The molecule has 2 aromatic rings. The van der Waals surface area contributed by atoms with Crippen LogP contribution in [0.25, 0.3) is 0 Å². The molecular formula is C16H18IN3O. The Hall–Kier alpha value is -1.21. The molecule has 0 bridgehead atoms. The van der Waals surface area contributed by atoms with Gasteiger partial charge in [0.05, 0.1) is 9.26 Å². The summed E-state index contributed by atoms with van der Waals surface area (Å²) >= 11 is 2.33. The van der Waals surface area contributed by atoms with E-state index in [-0.39, 0.29) is 6.10 Å². The highest BCUT2D eigenvalue weighted by molar-refractivity contribution is 14.1. The number of rotatable bonds is 5. The van der Waals surface area contributed by atoms with Crippen molar-refractivity contribution in [2.24, 2.45) is 0 Å². The summed E-state index contributed by atoms with van der Waals surface area (Å²) in [4.78, 5) is 9.46. The van der Waals surface area contributed by atoms with Crippen LogP contribution in [0.15, 0.2) is 30.3 Å². The molecule has 0 spiro atoms. The molecule has 0 saturated heterocycles. The SMILES string of the molecule is CNc1nc(C(OC)c2ccccc2)nc(C2CC2)c1I. The Labute approximate surface area is 138 Å². The second-order valence-electron chi connectivity index (χ2n) is 5.18. The second-order valence-corrected chi connectivity index (χ2v) is 6.26. The first-order valence-corrected chi connectivity index (χ1v) is 8.15. The van der Waals surface area contributed by atoms with Crippen LogP contribution >= 0.6 is 22.6 Å². The predicted molar refractivity (Wildman–Crippen MR) is 91.6 cm³/mol. The molecular weight excluding hydrogens is 377 g/mol. The van der Waals surface area contributed by atoms with Gasteiger partial charge in [0.25, 0.3) is 0 Å². The van der Waals surface area contributed by atoms with E-state index in [0.29, 0.717) is 5.92 Å². The lowest BCUT2D eigenvalue weighted by Gasteiger charge is -2.17. The van der Waals surface area contributed by atoms with Gasteiger partial charge in [0, 0.05) is 20.1 Å². The number of hydrogen-bond acceptors (Lipinski definition) is 4. The average Bonchev–Trinajstić information content (AvgIpc) is 3.35. The molecule has 110 valence electrons. The quantitative estimate of drug-likeness (QED) is 0.784. The number of benzene rings is 1. The van der Waals surface area contributed by atoms with E-state index in [1.165, 1.54) is 12.8 Å². The van der Waals surface area contributed by atoms with Crippen LogP contribution in [0, 0.1) is 3.57 Å². The normalized spacial score (nSPS) is 15.8. The smallest absolute Gasteiger partial charge is 0.164 e. The van der Waals surface area contributed by atoms with Crippen molar-refractivity contribution in [2.75, 3.05) is 19.5 Å². The maximum absolute atomic E-state index is 5.66. The van der Waals surface area contributed by atoms with E-state index in [2.05, 4.69) is 32.9 Å². The fourth-order valence-corrected chi connectivity index (χ4v) is 3.36. The first-order chi connectivity index (χ1) is 10.2. The summed E-state index contributed by atoms with van der Waals surface area (Å²) in [5.41, 5.74) is 2.23. The van der Waals surface area contributed by atoms with Gasteiger partial charge in [-0.1, -0.05) is 30.3 Å². The zero-order valence-electron chi connectivity index (χ0n) is 12.1. The topological polar surface area (TPSA) is 47.0 Å². The van der Waals surface area contributed by atoms with Gasteiger partial charge in [-0.25, -0.2) is 9.97 Å². The van der Waals surface area contributed by atoms with Crippen molar-refractivity contribution in [3.05, 3.63) is 51.0 Å². The third-order valence-electron chi connectivity index (χ3n) is 3.67. The lowest BCUT2D eigenvalue weighted by Crippen LogP contribution is -2.13. The van der Waals surface area contributed by atoms with Gasteiger partial charge in [-0.2, -0.15) is 0 Å². The van der Waals surface area contributed by atoms with Gasteiger partial charge < -0.3 is 10.1 Å². The number of methoxy groups -OCH3 is 1. The van der Waals surface area contributed by atoms with Crippen molar-refractivity contribution >= 4 is 28.4 Å². The van der Waals surface area contributed by atoms with Gasteiger partial charge in [0.15, 0.2) is 5.82 Å². The number of anilines is 1. The predicted octanol–water partition coefficient (Wildman–Crippen LogP) is 3.74. The summed E-state index contributed by atoms with van der Waals surface area (Å²) in [5, 5.41) is 3.17. The van der Waals surface area contributed by atoms with E-state index in [0.717, 1.165) is 26.5 Å². The number of hydrogen-bond donors (Lipinski definition) is 1. The van der Waals surface area contributed by atoms with Crippen molar-refractivity contribution in [1.82, 2.24) is 9.97 Å². The molecule has 0 radical (unpaired) electrons. The molecule has 0 amide bonds. The van der Waals surface area contributed by atoms with Crippen molar-refractivity contribution in [3.8, 4) is 0 Å². The highest BCUT2D eigenvalue weighted by Crippen LogP contribution is 2.42. The Morgan fingerprint density at radius 2 is 1.95 bits per heavy atom. The van der Waals surface area contributed by atoms with Gasteiger partial charge in [-0.05, 0) is 41.0 Å². The van der Waals surface area contributed by atoms with Crippen LogP contribution < -0.4 is 5.32 Å². The van der Waals surface area contributed by atoms with Gasteiger partial charge in [0.2, 0.25) is 0 Å². The summed E-state index contributed by atoms with van der Waals surface area (Å²) in [6.07, 6.45) is 2.21. The van der Waals surface area contributed by atoms with Crippen LogP contribution in [-0.2, 0) is 4.74 Å². The third kappa shape index (κ3) is 3.03. The molecule has 1 N–H and O–H groups in total. The minimum Gasteiger partial charge on any atom is -0.372 e. The van der Waals surface area contributed by atoms with Gasteiger partial charge in [-0.15, -0.1) is 0 Å². The Morgan fingerprint density at radius 1 is 1.24 bits per heavy atom. The molecule has 4 nitrogen and oxygen atoms in total. The maximum atomic E-state index is 5.66. The molecule has 1 fully saturated rings. The van der Waals surface area contributed by atoms with E-state index in [4.69, 9.17) is 9.72 Å². The van der Waals surface area contributed by atoms with Crippen LogP contribution in [0.3, 0.4) is 0 Å². The third-order valence-corrected chi connectivity index (χ3v) is 4.73. The van der Waals surface area contributed by atoms with E-state index in [9.17, 15) is 0 Å². The van der Waals surface area contributed by atoms with Crippen molar-refractivity contribution in [1.29, 1.82) is 0 Å². The molecule has 21 heavy (non-hydrogen) atoms. The Balaban J connectivity index is 2.06. The van der Waals surface area contributed by atoms with Crippen molar-refractivity contribution in [3.63, 3.8) is 0 Å². The fourth-order valence-electron chi connectivity index (χ4n) is 2.41. The molecule has 5 heteroatoms. The highest BCUT2D eigenvalue weighted by Gasteiger charge is 2.30. The largest absolute Gasteiger partial charge is 0.372 e. The van der Waals surface area contributed by atoms with E-state index in [1.807, 2.05) is 37.4 Å². The Kier molecular flexibility index (Phi) is 4.40.